The quantitative estimate of drug-likeness (QED) is 0.549. The summed E-state index contributed by atoms with van der Waals surface area (Å²) in [5.74, 6) is 6.41. The fourth-order valence-electron chi connectivity index (χ4n) is 1.79. The van der Waals surface area contributed by atoms with Crippen LogP contribution < -0.4 is 16.0 Å². The van der Waals surface area contributed by atoms with Crippen LogP contribution in [0.25, 0.3) is 0 Å². The zero-order chi connectivity index (χ0) is 11.8. The molecule has 3 nitrogen and oxygen atoms in total. The van der Waals surface area contributed by atoms with E-state index in [9.17, 15) is 0 Å². The average Bonchev–Trinajstić information content (AvgIpc) is 2.35. The molecule has 0 spiro atoms. The Morgan fingerprint density at radius 2 is 1.94 bits per heavy atom. The van der Waals surface area contributed by atoms with E-state index >= 15 is 0 Å². The van der Waals surface area contributed by atoms with Crippen LogP contribution in [0.2, 0.25) is 0 Å². The van der Waals surface area contributed by atoms with Crippen LogP contribution in [-0.4, -0.2) is 13.2 Å². The van der Waals surface area contributed by atoms with Gasteiger partial charge in [-0.3, -0.25) is 11.3 Å². The Morgan fingerprint density at radius 3 is 2.44 bits per heavy atom. The van der Waals surface area contributed by atoms with Gasteiger partial charge < -0.3 is 4.74 Å². The fraction of sp³-hybridized carbons (Fsp3) is 0.538. The number of benzene rings is 1. The zero-order valence-electron chi connectivity index (χ0n) is 10.2. The van der Waals surface area contributed by atoms with Crippen molar-refractivity contribution in [3.05, 3.63) is 29.8 Å². The highest BCUT2D eigenvalue weighted by atomic mass is 16.5. The number of methoxy groups -OCH3 is 1. The number of nitrogens with one attached hydrogen (secondary N) is 1. The normalized spacial score (nSPS) is 12.4. The van der Waals surface area contributed by atoms with Crippen molar-refractivity contribution in [1.82, 2.24) is 5.43 Å². The Bertz CT molecular complexity index is 284. The number of hydrogen-bond donors (Lipinski definition) is 2. The first kappa shape index (κ1) is 13.0. The van der Waals surface area contributed by atoms with Gasteiger partial charge in [0.2, 0.25) is 0 Å². The van der Waals surface area contributed by atoms with E-state index in [4.69, 9.17) is 10.6 Å². The van der Waals surface area contributed by atoms with Crippen LogP contribution in [0.4, 0.5) is 0 Å². The van der Waals surface area contributed by atoms with Gasteiger partial charge in [-0.05, 0) is 37.0 Å². The Balaban J connectivity index is 2.40. The van der Waals surface area contributed by atoms with Crippen molar-refractivity contribution in [2.24, 2.45) is 5.84 Å². The highest BCUT2D eigenvalue weighted by Crippen LogP contribution is 2.14. The molecule has 0 amide bonds. The molecule has 0 aliphatic rings. The highest BCUT2D eigenvalue weighted by molar-refractivity contribution is 5.27. The number of aryl methyl sites for hydroxylation is 1. The molecule has 1 aromatic carbocycles. The first-order valence-corrected chi connectivity index (χ1v) is 5.89. The average molecular weight is 222 g/mol. The molecule has 0 heterocycles. The van der Waals surface area contributed by atoms with E-state index in [1.54, 1.807) is 7.11 Å². The van der Waals surface area contributed by atoms with Crippen molar-refractivity contribution in [2.45, 2.75) is 38.6 Å². The summed E-state index contributed by atoms with van der Waals surface area (Å²) in [6.07, 6.45) is 4.43. The summed E-state index contributed by atoms with van der Waals surface area (Å²) in [6, 6.07) is 8.64. The van der Waals surface area contributed by atoms with E-state index in [2.05, 4.69) is 24.5 Å². The lowest BCUT2D eigenvalue weighted by molar-refractivity contribution is 0.414. The lowest BCUT2D eigenvalue weighted by atomic mass is 10.0. The van der Waals surface area contributed by atoms with Gasteiger partial charge in [-0.1, -0.05) is 25.5 Å². The fourth-order valence-corrected chi connectivity index (χ4v) is 1.79. The monoisotopic (exact) mass is 222 g/mol. The summed E-state index contributed by atoms with van der Waals surface area (Å²) < 4.78 is 5.12. The number of ether oxygens (including phenoxy) is 1. The Hall–Kier alpha value is -1.06. The van der Waals surface area contributed by atoms with Crippen molar-refractivity contribution >= 4 is 0 Å². The molecule has 0 aliphatic carbocycles. The second-order valence-electron chi connectivity index (χ2n) is 4.04. The van der Waals surface area contributed by atoms with E-state index in [1.165, 1.54) is 5.56 Å². The molecule has 0 bridgehead atoms. The third-order valence-corrected chi connectivity index (χ3v) is 2.81. The SMILES string of the molecule is CCCC(CCc1ccc(OC)cc1)NN. The maximum atomic E-state index is 5.50. The maximum absolute atomic E-state index is 5.50. The molecule has 0 fully saturated rings. The van der Waals surface area contributed by atoms with Crippen LogP contribution in [0.5, 0.6) is 5.75 Å². The van der Waals surface area contributed by atoms with Gasteiger partial charge in [-0.2, -0.15) is 0 Å². The van der Waals surface area contributed by atoms with E-state index in [-0.39, 0.29) is 0 Å². The predicted molar refractivity (Wildman–Crippen MR) is 67.3 cm³/mol. The van der Waals surface area contributed by atoms with Gasteiger partial charge in [0.15, 0.2) is 0 Å². The minimum Gasteiger partial charge on any atom is -0.497 e. The van der Waals surface area contributed by atoms with Crippen molar-refractivity contribution in [1.29, 1.82) is 0 Å². The Morgan fingerprint density at radius 1 is 1.25 bits per heavy atom. The van der Waals surface area contributed by atoms with E-state index < -0.39 is 0 Å². The van der Waals surface area contributed by atoms with Crippen molar-refractivity contribution in [3.63, 3.8) is 0 Å². The molecule has 0 saturated heterocycles. The number of rotatable bonds is 7. The van der Waals surface area contributed by atoms with Crippen molar-refractivity contribution in [3.8, 4) is 5.75 Å². The smallest absolute Gasteiger partial charge is 0.118 e. The first-order valence-electron chi connectivity index (χ1n) is 5.89. The van der Waals surface area contributed by atoms with Crippen LogP contribution in [-0.2, 0) is 6.42 Å². The number of hydrazine groups is 1. The Labute approximate surface area is 98.0 Å². The van der Waals surface area contributed by atoms with E-state index in [1.807, 2.05) is 12.1 Å². The summed E-state index contributed by atoms with van der Waals surface area (Å²) in [6.45, 7) is 2.18. The van der Waals surface area contributed by atoms with Gasteiger partial charge in [0.05, 0.1) is 7.11 Å². The molecule has 0 aromatic heterocycles. The van der Waals surface area contributed by atoms with Gasteiger partial charge >= 0.3 is 0 Å². The largest absolute Gasteiger partial charge is 0.497 e. The molecule has 1 unspecified atom stereocenters. The molecule has 3 heteroatoms. The second-order valence-corrected chi connectivity index (χ2v) is 4.04. The molecule has 90 valence electrons. The van der Waals surface area contributed by atoms with Gasteiger partial charge in [-0.25, -0.2) is 0 Å². The zero-order valence-corrected chi connectivity index (χ0v) is 10.2. The molecule has 3 N–H and O–H groups in total. The minimum absolute atomic E-state index is 0.423. The molecular weight excluding hydrogens is 200 g/mol. The van der Waals surface area contributed by atoms with Crippen LogP contribution in [0, 0.1) is 0 Å². The molecular formula is C13H22N2O. The van der Waals surface area contributed by atoms with Crippen LogP contribution >= 0.6 is 0 Å². The van der Waals surface area contributed by atoms with Crippen molar-refractivity contribution in [2.75, 3.05) is 7.11 Å². The molecule has 1 aromatic rings. The lowest BCUT2D eigenvalue weighted by Crippen LogP contribution is -2.35. The predicted octanol–water partition coefficient (Wildman–Crippen LogP) is 2.26. The van der Waals surface area contributed by atoms with Crippen LogP contribution in [0.3, 0.4) is 0 Å². The summed E-state index contributed by atoms with van der Waals surface area (Å²) in [5, 5.41) is 0. The Kier molecular flexibility index (Phi) is 5.90. The maximum Gasteiger partial charge on any atom is 0.118 e. The molecule has 0 saturated carbocycles. The molecule has 16 heavy (non-hydrogen) atoms. The third kappa shape index (κ3) is 4.21. The lowest BCUT2D eigenvalue weighted by Gasteiger charge is -2.14. The first-order chi connectivity index (χ1) is 7.80. The highest BCUT2D eigenvalue weighted by Gasteiger charge is 2.05. The van der Waals surface area contributed by atoms with Gasteiger partial charge in [0.25, 0.3) is 0 Å². The third-order valence-electron chi connectivity index (χ3n) is 2.81. The van der Waals surface area contributed by atoms with E-state index in [0.29, 0.717) is 6.04 Å². The summed E-state index contributed by atoms with van der Waals surface area (Å²) in [5.41, 5.74) is 4.20. The summed E-state index contributed by atoms with van der Waals surface area (Å²) in [7, 11) is 1.69. The van der Waals surface area contributed by atoms with Crippen LogP contribution in [0.15, 0.2) is 24.3 Å². The molecule has 0 radical (unpaired) electrons. The number of hydrogen-bond acceptors (Lipinski definition) is 3. The van der Waals surface area contributed by atoms with Crippen LogP contribution in [0.1, 0.15) is 31.7 Å². The number of nitrogens with two attached hydrogens (primary N) is 1. The summed E-state index contributed by atoms with van der Waals surface area (Å²) >= 11 is 0. The van der Waals surface area contributed by atoms with Gasteiger partial charge in [-0.15, -0.1) is 0 Å². The van der Waals surface area contributed by atoms with E-state index in [0.717, 1.165) is 31.4 Å². The van der Waals surface area contributed by atoms with Gasteiger partial charge in [0.1, 0.15) is 5.75 Å². The van der Waals surface area contributed by atoms with Gasteiger partial charge in [0, 0.05) is 6.04 Å². The second kappa shape index (κ2) is 7.25. The summed E-state index contributed by atoms with van der Waals surface area (Å²) in [4.78, 5) is 0. The minimum atomic E-state index is 0.423. The molecule has 1 atom stereocenters. The molecule has 1 rings (SSSR count). The topological polar surface area (TPSA) is 47.3 Å². The van der Waals surface area contributed by atoms with Crippen molar-refractivity contribution < 1.29 is 4.74 Å². The molecule has 0 aliphatic heterocycles. The standard InChI is InChI=1S/C13H22N2O/c1-3-4-12(15-14)8-5-11-6-9-13(16-2)10-7-11/h6-7,9-10,12,15H,3-5,8,14H2,1-2H3.